The summed E-state index contributed by atoms with van der Waals surface area (Å²) in [5.74, 6) is 0.301. The highest BCUT2D eigenvalue weighted by Crippen LogP contribution is 2.21. The lowest BCUT2D eigenvalue weighted by Gasteiger charge is -2.21. The van der Waals surface area contributed by atoms with Crippen molar-refractivity contribution in [2.75, 3.05) is 6.54 Å². The summed E-state index contributed by atoms with van der Waals surface area (Å²) in [4.78, 5) is 15.9. The average molecular weight is 238 g/mol. The number of hydrogen-bond donors (Lipinski definition) is 2. The Labute approximate surface area is 102 Å². The topological polar surface area (TPSA) is 72.9 Å². The fourth-order valence-electron chi connectivity index (χ4n) is 1.69. The predicted octanol–water partition coefficient (Wildman–Crippen LogP) is 1.24. The zero-order valence-corrected chi connectivity index (χ0v) is 11.0. The van der Waals surface area contributed by atoms with Crippen molar-refractivity contribution < 1.29 is 4.79 Å². The number of nitrogens with one attached hydrogen (secondary N) is 1. The molecule has 1 heterocycles. The van der Waals surface area contributed by atoms with Crippen molar-refractivity contribution in [3.05, 3.63) is 18.2 Å². The first-order valence-corrected chi connectivity index (χ1v) is 6.04. The summed E-state index contributed by atoms with van der Waals surface area (Å²) in [5.41, 5.74) is 7.00. The number of imidazole rings is 1. The Bertz CT molecular complexity index is 372. The van der Waals surface area contributed by atoms with E-state index in [4.69, 9.17) is 5.73 Å². The first-order chi connectivity index (χ1) is 7.99. The Hall–Kier alpha value is -1.36. The van der Waals surface area contributed by atoms with Crippen LogP contribution >= 0.6 is 0 Å². The van der Waals surface area contributed by atoms with Crippen molar-refractivity contribution in [2.45, 2.75) is 39.8 Å². The first kappa shape index (κ1) is 13.7. The second kappa shape index (κ2) is 5.82. The van der Waals surface area contributed by atoms with Gasteiger partial charge in [0.1, 0.15) is 6.04 Å². The highest BCUT2D eigenvalue weighted by atomic mass is 16.2. The maximum atomic E-state index is 11.8. The van der Waals surface area contributed by atoms with Gasteiger partial charge in [0.05, 0.1) is 12.0 Å². The molecule has 0 spiro atoms. The molecule has 0 radical (unpaired) electrons. The summed E-state index contributed by atoms with van der Waals surface area (Å²) in [6.45, 7) is 8.49. The number of carbonyl (C=O) groups excluding carboxylic acids is 1. The van der Waals surface area contributed by atoms with Gasteiger partial charge in [-0.05, 0) is 19.8 Å². The van der Waals surface area contributed by atoms with E-state index in [9.17, 15) is 4.79 Å². The van der Waals surface area contributed by atoms with Crippen LogP contribution in [-0.2, 0) is 4.79 Å². The normalized spacial score (nSPS) is 14.7. The van der Waals surface area contributed by atoms with Gasteiger partial charge in [-0.2, -0.15) is 0 Å². The fourth-order valence-corrected chi connectivity index (χ4v) is 1.69. The van der Waals surface area contributed by atoms with Gasteiger partial charge in [0, 0.05) is 18.8 Å². The molecule has 0 aliphatic carbocycles. The van der Waals surface area contributed by atoms with E-state index in [-0.39, 0.29) is 18.0 Å². The number of aromatic nitrogens is 2. The highest BCUT2D eigenvalue weighted by molar-refractivity contribution is 5.79. The molecule has 2 unspecified atom stereocenters. The van der Waals surface area contributed by atoms with Gasteiger partial charge in [0.2, 0.25) is 5.91 Å². The summed E-state index contributed by atoms with van der Waals surface area (Å²) in [5, 5.41) is 2.80. The van der Waals surface area contributed by atoms with E-state index in [0.29, 0.717) is 12.5 Å². The molecule has 96 valence electrons. The van der Waals surface area contributed by atoms with Gasteiger partial charge in [-0.25, -0.2) is 4.98 Å². The highest BCUT2D eigenvalue weighted by Gasteiger charge is 2.21. The summed E-state index contributed by atoms with van der Waals surface area (Å²) < 4.78 is 1.84. The van der Waals surface area contributed by atoms with Crippen LogP contribution in [0.25, 0.3) is 0 Å². The Morgan fingerprint density at radius 1 is 1.53 bits per heavy atom. The third kappa shape index (κ3) is 3.06. The summed E-state index contributed by atoms with van der Waals surface area (Å²) in [6.07, 6.45) is 3.40. The molecular weight excluding hydrogens is 216 g/mol. The zero-order chi connectivity index (χ0) is 13.0. The lowest BCUT2D eigenvalue weighted by Crippen LogP contribution is -2.32. The van der Waals surface area contributed by atoms with E-state index in [1.54, 1.807) is 12.5 Å². The standard InChI is InChI=1S/C12H22N4O/c1-5-15-12(17)9(4)16-7-14-6-10(16)11(13)8(2)3/h6-9,11H,5,13H2,1-4H3,(H,15,17). The van der Waals surface area contributed by atoms with Crippen LogP contribution in [0.15, 0.2) is 12.5 Å². The number of likely N-dealkylation sites (N-methyl/N-ethyl adjacent to an activating group) is 1. The summed E-state index contributed by atoms with van der Waals surface area (Å²) in [6, 6.07) is -0.383. The molecule has 2 atom stereocenters. The third-order valence-electron chi connectivity index (χ3n) is 2.90. The Morgan fingerprint density at radius 2 is 2.18 bits per heavy atom. The summed E-state index contributed by atoms with van der Waals surface area (Å²) in [7, 11) is 0. The third-order valence-corrected chi connectivity index (χ3v) is 2.90. The number of nitrogens with two attached hydrogens (primary N) is 1. The largest absolute Gasteiger partial charge is 0.355 e. The van der Waals surface area contributed by atoms with Gasteiger partial charge < -0.3 is 15.6 Å². The minimum absolute atomic E-state index is 0.0114. The maximum absolute atomic E-state index is 11.8. The number of nitrogens with zero attached hydrogens (tertiary/aromatic N) is 2. The minimum atomic E-state index is -0.280. The number of hydrogen-bond acceptors (Lipinski definition) is 3. The van der Waals surface area contributed by atoms with Crippen LogP contribution in [0.3, 0.4) is 0 Å². The molecule has 1 amide bonds. The Kier molecular flexibility index (Phi) is 4.69. The maximum Gasteiger partial charge on any atom is 0.242 e. The van der Waals surface area contributed by atoms with Crippen molar-refractivity contribution in [3.8, 4) is 0 Å². The molecule has 0 bridgehead atoms. The van der Waals surface area contributed by atoms with Crippen LogP contribution in [0, 0.1) is 5.92 Å². The van der Waals surface area contributed by atoms with E-state index < -0.39 is 0 Å². The van der Waals surface area contributed by atoms with E-state index in [1.165, 1.54) is 0 Å². The second-order valence-electron chi connectivity index (χ2n) is 4.57. The smallest absolute Gasteiger partial charge is 0.242 e. The van der Waals surface area contributed by atoms with Crippen LogP contribution in [0.2, 0.25) is 0 Å². The van der Waals surface area contributed by atoms with Gasteiger partial charge in [-0.3, -0.25) is 4.79 Å². The van der Waals surface area contributed by atoms with Crippen molar-refractivity contribution >= 4 is 5.91 Å². The van der Waals surface area contributed by atoms with Crippen LogP contribution in [0.1, 0.15) is 45.5 Å². The molecule has 3 N–H and O–H groups in total. The molecule has 1 aromatic heterocycles. The van der Waals surface area contributed by atoms with Crippen molar-refractivity contribution in [1.82, 2.24) is 14.9 Å². The van der Waals surface area contributed by atoms with Crippen LogP contribution in [-0.4, -0.2) is 22.0 Å². The Morgan fingerprint density at radius 3 is 2.71 bits per heavy atom. The van der Waals surface area contributed by atoms with Crippen molar-refractivity contribution in [2.24, 2.45) is 11.7 Å². The molecule has 0 aromatic carbocycles. The van der Waals surface area contributed by atoms with E-state index in [1.807, 2.05) is 18.4 Å². The second-order valence-corrected chi connectivity index (χ2v) is 4.57. The van der Waals surface area contributed by atoms with Crippen LogP contribution in [0.5, 0.6) is 0 Å². The molecule has 0 saturated carbocycles. The molecule has 1 aromatic rings. The first-order valence-electron chi connectivity index (χ1n) is 6.04. The van der Waals surface area contributed by atoms with Crippen LogP contribution in [0.4, 0.5) is 0 Å². The molecule has 1 rings (SSSR count). The van der Waals surface area contributed by atoms with Gasteiger partial charge in [-0.15, -0.1) is 0 Å². The van der Waals surface area contributed by atoms with Gasteiger partial charge in [0.25, 0.3) is 0 Å². The Balaban J connectivity index is 2.91. The molecular formula is C12H22N4O. The van der Waals surface area contributed by atoms with Crippen molar-refractivity contribution in [3.63, 3.8) is 0 Å². The quantitative estimate of drug-likeness (QED) is 0.810. The number of carbonyl (C=O) groups is 1. The fraction of sp³-hybridized carbons (Fsp3) is 0.667. The molecule has 0 aliphatic rings. The number of rotatable bonds is 5. The van der Waals surface area contributed by atoms with Gasteiger partial charge >= 0.3 is 0 Å². The SMILES string of the molecule is CCNC(=O)C(C)n1cncc1C(N)C(C)C. The molecule has 17 heavy (non-hydrogen) atoms. The average Bonchev–Trinajstić information content (AvgIpc) is 2.75. The molecule has 0 aliphatic heterocycles. The van der Waals surface area contributed by atoms with E-state index in [0.717, 1.165) is 5.69 Å². The minimum Gasteiger partial charge on any atom is -0.355 e. The molecule has 5 nitrogen and oxygen atoms in total. The van der Waals surface area contributed by atoms with Crippen LogP contribution < -0.4 is 11.1 Å². The predicted molar refractivity (Wildman–Crippen MR) is 67.4 cm³/mol. The van der Waals surface area contributed by atoms with Crippen molar-refractivity contribution in [1.29, 1.82) is 0 Å². The lowest BCUT2D eigenvalue weighted by molar-refractivity contribution is -0.123. The van der Waals surface area contributed by atoms with E-state index in [2.05, 4.69) is 24.1 Å². The molecule has 0 fully saturated rings. The lowest BCUT2D eigenvalue weighted by atomic mass is 10.0. The van der Waals surface area contributed by atoms with E-state index >= 15 is 0 Å². The zero-order valence-electron chi connectivity index (χ0n) is 11.0. The summed E-state index contributed by atoms with van der Waals surface area (Å²) >= 11 is 0. The molecule has 0 saturated heterocycles. The van der Waals surface area contributed by atoms with Gasteiger partial charge in [0.15, 0.2) is 0 Å². The monoisotopic (exact) mass is 238 g/mol. The van der Waals surface area contributed by atoms with Gasteiger partial charge in [-0.1, -0.05) is 13.8 Å². The number of amides is 1. The molecule has 5 heteroatoms.